The fraction of sp³-hybridized carbons (Fsp3) is 0.222. The molecule has 0 aliphatic rings. The Morgan fingerprint density at radius 1 is 1.23 bits per heavy atom. The summed E-state index contributed by atoms with van der Waals surface area (Å²) in [7, 11) is 0. The van der Waals surface area contributed by atoms with Crippen molar-refractivity contribution in [3.8, 4) is 11.4 Å². The van der Waals surface area contributed by atoms with Crippen LogP contribution in [0.3, 0.4) is 0 Å². The topological polar surface area (TPSA) is 72.7 Å². The summed E-state index contributed by atoms with van der Waals surface area (Å²) in [5.74, 6) is 0.876. The van der Waals surface area contributed by atoms with Gasteiger partial charge in [-0.25, -0.2) is 0 Å². The average molecular weight is 388 g/mol. The zero-order chi connectivity index (χ0) is 18.5. The number of pyridine rings is 1. The van der Waals surface area contributed by atoms with E-state index in [1.54, 1.807) is 24.5 Å². The first-order valence-corrected chi connectivity index (χ1v) is 9.44. The monoisotopic (exact) mass is 387 g/mol. The number of carbonyl (C=O) groups excluding carboxylic acids is 1. The van der Waals surface area contributed by atoms with Gasteiger partial charge in [0.05, 0.1) is 17.6 Å². The summed E-state index contributed by atoms with van der Waals surface area (Å²) in [4.78, 5) is 16.1. The van der Waals surface area contributed by atoms with E-state index in [1.807, 2.05) is 28.8 Å². The Hall–Kier alpha value is -2.38. The minimum atomic E-state index is -0.116. The van der Waals surface area contributed by atoms with Crippen LogP contribution in [0.1, 0.15) is 19.9 Å². The highest BCUT2D eigenvalue weighted by molar-refractivity contribution is 7.99. The van der Waals surface area contributed by atoms with E-state index in [4.69, 9.17) is 11.6 Å². The van der Waals surface area contributed by atoms with Crippen LogP contribution in [0.2, 0.25) is 5.02 Å². The number of nitrogens with one attached hydrogen (secondary N) is 1. The number of amides is 1. The minimum absolute atomic E-state index is 0.116. The van der Waals surface area contributed by atoms with Crippen molar-refractivity contribution >= 4 is 35.0 Å². The van der Waals surface area contributed by atoms with Gasteiger partial charge in [0.15, 0.2) is 11.0 Å². The maximum Gasteiger partial charge on any atom is 0.234 e. The first-order chi connectivity index (χ1) is 12.5. The van der Waals surface area contributed by atoms with Crippen LogP contribution in [0.25, 0.3) is 11.4 Å². The Morgan fingerprint density at radius 3 is 2.65 bits per heavy atom. The fourth-order valence-corrected chi connectivity index (χ4v) is 3.39. The Labute approximate surface area is 161 Å². The predicted octanol–water partition coefficient (Wildman–Crippen LogP) is 4.31. The van der Waals surface area contributed by atoms with Crippen molar-refractivity contribution in [3.05, 3.63) is 53.8 Å². The van der Waals surface area contributed by atoms with Crippen LogP contribution >= 0.6 is 23.4 Å². The lowest BCUT2D eigenvalue weighted by Gasteiger charge is -2.13. The molecule has 0 radical (unpaired) electrons. The Morgan fingerprint density at radius 2 is 2.00 bits per heavy atom. The summed E-state index contributed by atoms with van der Waals surface area (Å²) >= 11 is 7.31. The molecule has 3 aromatic rings. The van der Waals surface area contributed by atoms with E-state index in [-0.39, 0.29) is 17.7 Å². The normalized spacial score (nSPS) is 10.9. The number of anilines is 1. The molecule has 2 aromatic heterocycles. The van der Waals surface area contributed by atoms with E-state index in [0.717, 1.165) is 11.4 Å². The lowest BCUT2D eigenvalue weighted by molar-refractivity contribution is -0.113. The molecule has 134 valence electrons. The lowest BCUT2D eigenvalue weighted by Crippen LogP contribution is -2.15. The molecule has 0 aliphatic carbocycles. The smallest absolute Gasteiger partial charge is 0.234 e. The second kappa shape index (κ2) is 8.33. The molecule has 0 bridgehead atoms. The van der Waals surface area contributed by atoms with E-state index in [0.29, 0.717) is 15.9 Å². The van der Waals surface area contributed by atoms with Crippen LogP contribution in [0.5, 0.6) is 0 Å². The van der Waals surface area contributed by atoms with Crippen LogP contribution in [-0.4, -0.2) is 31.4 Å². The van der Waals surface area contributed by atoms with Crippen LogP contribution in [-0.2, 0) is 4.79 Å². The van der Waals surface area contributed by atoms with Gasteiger partial charge in [-0.2, -0.15) is 0 Å². The molecule has 0 saturated carbocycles. The highest BCUT2D eigenvalue weighted by Gasteiger charge is 2.17. The van der Waals surface area contributed by atoms with Gasteiger partial charge in [0.25, 0.3) is 0 Å². The number of benzene rings is 1. The SMILES string of the molecule is CC(C)n1c(SCC(=O)Nc2cccnc2)nnc1-c1ccc(Cl)cc1. The van der Waals surface area contributed by atoms with Gasteiger partial charge >= 0.3 is 0 Å². The molecule has 0 spiro atoms. The third-order valence-corrected chi connectivity index (χ3v) is 4.76. The summed E-state index contributed by atoms with van der Waals surface area (Å²) in [6.45, 7) is 4.12. The van der Waals surface area contributed by atoms with Crippen molar-refractivity contribution in [1.82, 2.24) is 19.7 Å². The van der Waals surface area contributed by atoms with Gasteiger partial charge < -0.3 is 5.32 Å². The highest BCUT2D eigenvalue weighted by atomic mass is 35.5. The van der Waals surface area contributed by atoms with E-state index >= 15 is 0 Å². The van der Waals surface area contributed by atoms with Crippen molar-refractivity contribution in [2.75, 3.05) is 11.1 Å². The van der Waals surface area contributed by atoms with Gasteiger partial charge in [0.2, 0.25) is 5.91 Å². The molecule has 0 aliphatic heterocycles. The second-order valence-electron chi connectivity index (χ2n) is 5.86. The van der Waals surface area contributed by atoms with Gasteiger partial charge in [-0.15, -0.1) is 10.2 Å². The number of aromatic nitrogens is 4. The molecule has 0 unspecified atom stereocenters. The van der Waals surface area contributed by atoms with E-state index in [1.165, 1.54) is 11.8 Å². The highest BCUT2D eigenvalue weighted by Crippen LogP contribution is 2.28. The third kappa shape index (κ3) is 4.42. The minimum Gasteiger partial charge on any atom is -0.324 e. The van der Waals surface area contributed by atoms with Gasteiger partial charge in [0, 0.05) is 22.8 Å². The Kier molecular flexibility index (Phi) is 5.90. The van der Waals surface area contributed by atoms with E-state index in [2.05, 4.69) is 34.3 Å². The van der Waals surface area contributed by atoms with Gasteiger partial charge in [-0.05, 0) is 50.2 Å². The molecule has 1 amide bonds. The molecule has 3 rings (SSSR count). The molecular weight excluding hydrogens is 370 g/mol. The van der Waals surface area contributed by atoms with E-state index < -0.39 is 0 Å². The van der Waals surface area contributed by atoms with Crippen molar-refractivity contribution in [1.29, 1.82) is 0 Å². The molecule has 1 aromatic carbocycles. The number of hydrogen-bond acceptors (Lipinski definition) is 5. The van der Waals surface area contributed by atoms with Crippen molar-refractivity contribution < 1.29 is 4.79 Å². The van der Waals surface area contributed by atoms with Crippen LogP contribution < -0.4 is 5.32 Å². The Balaban J connectivity index is 1.74. The summed E-state index contributed by atoms with van der Waals surface area (Å²) in [6, 6.07) is 11.2. The average Bonchev–Trinajstić information content (AvgIpc) is 3.06. The molecule has 6 nitrogen and oxygen atoms in total. The molecule has 1 N–H and O–H groups in total. The molecule has 0 atom stereocenters. The van der Waals surface area contributed by atoms with Gasteiger partial charge in [-0.3, -0.25) is 14.3 Å². The third-order valence-electron chi connectivity index (χ3n) is 3.56. The maximum atomic E-state index is 12.1. The molecule has 2 heterocycles. The van der Waals surface area contributed by atoms with Crippen LogP contribution in [0.4, 0.5) is 5.69 Å². The lowest BCUT2D eigenvalue weighted by atomic mass is 10.2. The number of halogens is 1. The number of thioether (sulfide) groups is 1. The maximum absolute atomic E-state index is 12.1. The predicted molar refractivity (Wildman–Crippen MR) is 104 cm³/mol. The Bertz CT molecular complexity index is 880. The second-order valence-corrected chi connectivity index (χ2v) is 7.23. The number of carbonyl (C=O) groups is 1. The zero-order valence-electron chi connectivity index (χ0n) is 14.4. The first-order valence-electron chi connectivity index (χ1n) is 8.08. The van der Waals surface area contributed by atoms with Crippen molar-refractivity contribution in [3.63, 3.8) is 0 Å². The number of nitrogens with zero attached hydrogens (tertiary/aromatic N) is 4. The zero-order valence-corrected chi connectivity index (χ0v) is 16.0. The summed E-state index contributed by atoms with van der Waals surface area (Å²) in [5.41, 5.74) is 1.60. The van der Waals surface area contributed by atoms with Crippen molar-refractivity contribution in [2.24, 2.45) is 0 Å². The fourth-order valence-electron chi connectivity index (χ4n) is 2.40. The van der Waals surface area contributed by atoms with Gasteiger partial charge in [0.1, 0.15) is 0 Å². The number of hydrogen-bond donors (Lipinski definition) is 1. The van der Waals surface area contributed by atoms with Gasteiger partial charge in [-0.1, -0.05) is 23.4 Å². The summed E-state index contributed by atoms with van der Waals surface area (Å²) < 4.78 is 2.02. The summed E-state index contributed by atoms with van der Waals surface area (Å²) in [6.07, 6.45) is 3.27. The molecule has 8 heteroatoms. The molecule has 0 fully saturated rings. The van der Waals surface area contributed by atoms with Crippen LogP contribution in [0, 0.1) is 0 Å². The number of rotatable bonds is 6. The molecule has 26 heavy (non-hydrogen) atoms. The van der Waals surface area contributed by atoms with Crippen molar-refractivity contribution in [2.45, 2.75) is 25.0 Å². The largest absolute Gasteiger partial charge is 0.324 e. The summed E-state index contributed by atoms with van der Waals surface area (Å²) in [5, 5.41) is 12.8. The van der Waals surface area contributed by atoms with Crippen LogP contribution in [0.15, 0.2) is 53.9 Å². The van der Waals surface area contributed by atoms with E-state index in [9.17, 15) is 4.79 Å². The standard InChI is InChI=1S/C18H18ClN5OS/c1-12(2)24-17(13-5-7-14(19)8-6-13)22-23-18(24)26-11-16(25)21-15-4-3-9-20-10-15/h3-10,12H,11H2,1-2H3,(H,21,25). The quantitative estimate of drug-likeness (QED) is 0.638. The molecular formula is C18H18ClN5OS. The first kappa shape index (κ1) is 18.4. The molecule has 0 saturated heterocycles.